The first kappa shape index (κ1) is 21.8. The molecule has 33 heavy (non-hydrogen) atoms. The van der Waals surface area contributed by atoms with Crippen LogP contribution in [0.1, 0.15) is 37.4 Å². The fraction of sp³-hybridized carbons (Fsp3) is 0.167. The third-order valence-corrected chi connectivity index (χ3v) is 5.61. The summed E-state index contributed by atoms with van der Waals surface area (Å²) in [5.74, 6) is -1.72. The van der Waals surface area contributed by atoms with Gasteiger partial charge in [-0.3, -0.25) is 24.7 Å². The topological polar surface area (TPSA) is 131 Å². The molecule has 2 aromatic carbocycles. The van der Waals surface area contributed by atoms with Crippen molar-refractivity contribution in [3.63, 3.8) is 0 Å². The number of non-ortho nitro benzene ring substituents is 1. The minimum atomic E-state index is -1.06. The molecule has 9 heteroatoms. The lowest BCUT2D eigenvalue weighted by Gasteiger charge is -2.29. The minimum Gasteiger partial charge on any atom is -0.478 e. The van der Waals surface area contributed by atoms with E-state index in [2.05, 4.69) is 4.98 Å². The van der Waals surface area contributed by atoms with Crippen LogP contribution in [0.15, 0.2) is 67.0 Å². The van der Waals surface area contributed by atoms with Crippen LogP contribution in [0.2, 0.25) is 0 Å². The summed E-state index contributed by atoms with van der Waals surface area (Å²) < 4.78 is 0. The highest BCUT2D eigenvalue weighted by Crippen LogP contribution is 2.27. The lowest BCUT2D eigenvalue weighted by Crippen LogP contribution is -2.44. The number of amides is 1. The predicted molar refractivity (Wildman–Crippen MR) is 117 cm³/mol. The van der Waals surface area contributed by atoms with E-state index in [9.17, 15) is 24.5 Å². The highest BCUT2D eigenvalue weighted by atomic mass is 16.6. The van der Waals surface area contributed by atoms with Crippen molar-refractivity contribution in [3.05, 3.63) is 105 Å². The lowest BCUT2D eigenvalue weighted by molar-refractivity contribution is -0.384. The second kappa shape index (κ2) is 8.99. The summed E-state index contributed by atoms with van der Waals surface area (Å²) in [6.45, 7) is 0.0752. The van der Waals surface area contributed by atoms with E-state index >= 15 is 0 Å². The van der Waals surface area contributed by atoms with Crippen LogP contribution in [0.4, 0.5) is 5.69 Å². The highest BCUT2D eigenvalue weighted by molar-refractivity contribution is 6.03. The Kier molecular flexibility index (Phi) is 5.95. The molecule has 1 aromatic heterocycles. The Bertz CT molecular complexity index is 1240. The molecule has 4 rings (SSSR count). The van der Waals surface area contributed by atoms with Gasteiger partial charge in [0.1, 0.15) is 0 Å². The quantitative estimate of drug-likeness (QED) is 0.456. The number of carboxylic acids is 1. The fourth-order valence-electron chi connectivity index (χ4n) is 3.92. The van der Waals surface area contributed by atoms with Crippen molar-refractivity contribution in [2.75, 3.05) is 0 Å². The number of aromatic nitrogens is 1. The number of hydrogen-bond donors (Lipinski definition) is 1. The van der Waals surface area contributed by atoms with E-state index in [1.165, 1.54) is 35.2 Å². The summed E-state index contributed by atoms with van der Waals surface area (Å²) in [5.41, 5.74) is 1.91. The Balaban J connectivity index is 1.74. The molecular weight excluding hydrogens is 426 g/mol. The maximum absolute atomic E-state index is 13.5. The van der Waals surface area contributed by atoms with Gasteiger partial charge in [-0.1, -0.05) is 18.2 Å². The van der Waals surface area contributed by atoms with Crippen LogP contribution in [0.25, 0.3) is 0 Å². The number of carbonyl (C=O) groups excluding carboxylic acids is 2. The summed E-state index contributed by atoms with van der Waals surface area (Å²) in [7, 11) is 0. The van der Waals surface area contributed by atoms with Gasteiger partial charge < -0.3 is 10.0 Å². The van der Waals surface area contributed by atoms with Gasteiger partial charge in [-0.15, -0.1) is 0 Å². The first-order valence-corrected chi connectivity index (χ1v) is 10.2. The van der Waals surface area contributed by atoms with Gasteiger partial charge in [-0.25, -0.2) is 4.79 Å². The van der Waals surface area contributed by atoms with Crippen LogP contribution in [-0.4, -0.2) is 43.6 Å². The number of nitrogens with zero attached hydrogens (tertiary/aromatic N) is 3. The van der Waals surface area contributed by atoms with E-state index in [0.717, 1.165) is 5.56 Å². The molecule has 1 atom stereocenters. The first-order chi connectivity index (χ1) is 15.8. The van der Waals surface area contributed by atoms with E-state index in [-0.39, 0.29) is 42.0 Å². The zero-order chi connectivity index (χ0) is 23.5. The molecule has 0 fully saturated rings. The Morgan fingerprint density at radius 2 is 1.88 bits per heavy atom. The Hall–Kier alpha value is -4.40. The number of carboxylic acid groups (broad SMARTS) is 1. The zero-order valence-corrected chi connectivity index (χ0v) is 17.4. The molecule has 2 heterocycles. The number of Topliss-reactive ketones (excluding diaryl/α,β-unsaturated/α-hetero) is 1. The van der Waals surface area contributed by atoms with Gasteiger partial charge in [-0.2, -0.15) is 0 Å². The van der Waals surface area contributed by atoms with Crippen molar-refractivity contribution in [1.29, 1.82) is 0 Å². The highest BCUT2D eigenvalue weighted by Gasteiger charge is 2.36. The third kappa shape index (κ3) is 4.62. The van der Waals surface area contributed by atoms with Crippen LogP contribution in [-0.2, 0) is 24.2 Å². The van der Waals surface area contributed by atoms with Crippen LogP contribution in [0.5, 0.6) is 0 Å². The zero-order valence-electron chi connectivity index (χ0n) is 17.4. The molecule has 1 aliphatic rings. The van der Waals surface area contributed by atoms with Crippen molar-refractivity contribution >= 4 is 23.3 Å². The Labute approximate surface area is 188 Å². The molecule has 0 saturated heterocycles. The van der Waals surface area contributed by atoms with Gasteiger partial charge >= 0.3 is 5.97 Å². The molecule has 1 N–H and O–H groups in total. The summed E-state index contributed by atoms with van der Waals surface area (Å²) >= 11 is 0. The number of carbonyl (C=O) groups is 3. The third-order valence-electron chi connectivity index (χ3n) is 5.61. The van der Waals surface area contributed by atoms with Crippen molar-refractivity contribution in [3.8, 4) is 0 Å². The van der Waals surface area contributed by atoms with E-state index in [1.807, 2.05) is 6.07 Å². The SMILES string of the molecule is O=C(O)c1ccc(CN2C(=O)c3ccc([N+](=O)[O-])cc3CC(=O)[C@H]2Cc2cccnc2)cc1. The first-order valence-electron chi connectivity index (χ1n) is 10.2. The van der Waals surface area contributed by atoms with Crippen molar-refractivity contribution in [2.24, 2.45) is 0 Å². The van der Waals surface area contributed by atoms with Crippen molar-refractivity contribution in [2.45, 2.75) is 25.4 Å². The standard InChI is InChI=1S/C24H19N3O6/c28-22-12-18-11-19(27(32)33)7-8-20(18)23(29)26(21(22)10-16-2-1-9-25-13-16)14-15-3-5-17(6-4-15)24(30)31/h1-9,11,13,21H,10,12,14H2,(H,30,31)/t21-/m1/s1. The van der Waals surface area contributed by atoms with Gasteiger partial charge in [-0.05, 0) is 41.0 Å². The molecule has 3 aromatic rings. The molecular formula is C24H19N3O6. The second-order valence-electron chi connectivity index (χ2n) is 7.76. The number of fused-ring (bicyclic) bond motifs is 1. The number of benzene rings is 2. The van der Waals surface area contributed by atoms with E-state index in [0.29, 0.717) is 11.1 Å². The lowest BCUT2D eigenvalue weighted by atomic mass is 9.97. The number of pyridine rings is 1. The predicted octanol–water partition coefficient (Wildman–Crippen LogP) is 3.07. The van der Waals surface area contributed by atoms with Crippen LogP contribution < -0.4 is 0 Å². The summed E-state index contributed by atoms with van der Waals surface area (Å²) in [6, 6.07) is 12.7. The van der Waals surface area contributed by atoms with Crippen molar-refractivity contribution < 1.29 is 24.4 Å². The van der Waals surface area contributed by atoms with E-state index in [1.54, 1.807) is 30.6 Å². The second-order valence-corrected chi connectivity index (χ2v) is 7.76. The number of ketones is 1. The molecule has 0 saturated carbocycles. The van der Waals surface area contributed by atoms with Gasteiger partial charge in [0.2, 0.25) is 0 Å². The average molecular weight is 445 g/mol. The molecule has 166 valence electrons. The summed E-state index contributed by atoms with van der Waals surface area (Å²) in [5, 5.41) is 20.3. The molecule has 1 aliphatic heterocycles. The van der Waals surface area contributed by atoms with E-state index in [4.69, 9.17) is 5.11 Å². The summed E-state index contributed by atoms with van der Waals surface area (Å²) in [6.07, 6.45) is 3.37. The smallest absolute Gasteiger partial charge is 0.335 e. The maximum atomic E-state index is 13.5. The van der Waals surface area contributed by atoms with Gasteiger partial charge in [0.05, 0.1) is 16.5 Å². The number of aromatic carboxylic acids is 1. The molecule has 0 unspecified atom stereocenters. The fourth-order valence-corrected chi connectivity index (χ4v) is 3.92. The van der Waals surface area contributed by atoms with Gasteiger partial charge in [0.25, 0.3) is 11.6 Å². The van der Waals surface area contributed by atoms with Gasteiger partial charge in [0, 0.05) is 49.5 Å². The average Bonchev–Trinajstić information content (AvgIpc) is 2.90. The number of hydrogen-bond acceptors (Lipinski definition) is 6. The summed E-state index contributed by atoms with van der Waals surface area (Å²) in [4.78, 5) is 54.1. The van der Waals surface area contributed by atoms with Crippen LogP contribution in [0, 0.1) is 10.1 Å². The normalized spacial score (nSPS) is 15.6. The molecule has 0 bridgehead atoms. The van der Waals surface area contributed by atoms with Crippen LogP contribution >= 0.6 is 0 Å². The van der Waals surface area contributed by atoms with E-state index < -0.39 is 22.8 Å². The Morgan fingerprint density at radius 3 is 2.52 bits per heavy atom. The van der Waals surface area contributed by atoms with Gasteiger partial charge in [0.15, 0.2) is 5.78 Å². The monoisotopic (exact) mass is 445 g/mol. The molecule has 9 nitrogen and oxygen atoms in total. The molecule has 1 amide bonds. The Morgan fingerprint density at radius 1 is 1.12 bits per heavy atom. The number of nitro benzene ring substituents is 1. The van der Waals surface area contributed by atoms with Crippen LogP contribution in [0.3, 0.4) is 0 Å². The molecule has 0 radical (unpaired) electrons. The maximum Gasteiger partial charge on any atom is 0.335 e. The minimum absolute atomic E-state index is 0.0752. The largest absolute Gasteiger partial charge is 0.478 e. The number of rotatable bonds is 6. The molecule has 0 aliphatic carbocycles. The molecule has 0 spiro atoms. The van der Waals surface area contributed by atoms with Crippen molar-refractivity contribution in [1.82, 2.24) is 9.88 Å². The number of nitro groups is 1.